The van der Waals surface area contributed by atoms with Crippen LogP contribution in [0, 0.1) is 5.92 Å². The number of aromatic nitrogens is 1. The molecule has 2 aliphatic heterocycles. The van der Waals surface area contributed by atoms with Crippen molar-refractivity contribution in [3.63, 3.8) is 0 Å². The van der Waals surface area contributed by atoms with Crippen molar-refractivity contribution in [1.29, 1.82) is 0 Å². The van der Waals surface area contributed by atoms with Crippen molar-refractivity contribution in [3.8, 4) is 0 Å². The van der Waals surface area contributed by atoms with Gasteiger partial charge in [-0.25, -0.2) is 0 Å². The first kappa shape index (κ1) is 28.7. The summed E-state index contributed by atoms with van der Waals surface area (Å²) in [6.07, 6.45) is 4.73. The van der Waals surface area contributed by atoms with E-state index < -0.39 is 0 Å². The average molecular weight is 536 g/mol. The van der Waals surface area contributed by atoms with Gasteiger partial charge >= 0.3 is 0 Å². The summed E-state index contributed by atoms with van der Waals surface area (Å²) in [4.78, 5) is 7.23. The lowest BCUT2D eigenvalue weighted by Gasteiger charge is -2.32. The molecule has 5 rings (SSSR count). The van der Waals surface area contributed by atoms with Crippen LogP contribution in [-0.4, -0.2) is 68.4 Å². The molecule has 0 spiro atoms. The van der Waals surface area contributed by atoms with Gasteiger partial charge in [0.05, 0.1) is 18.9 Å². The van der Waals surface area contributed by atoms with Gasteiger partial charge in [-0.2, -0.15) is 0 Å². The highest BCUT2D eigenvalue weighted by Gasteiger charge is 2.23. The van der Waals surface area contributed by atoms with Crippen LogP contribution in [0.3, 0.4) is 0 Å². The molecular formula is C28H40Cl2N4O2. The molecule has 8 heteroatoms. The number of benzene rings is 2. The molecule has 3 aromatic rings. The molecule has 0 bridgehead atoms. The number of aryl methyl sites for hydroxylation is 1. The van der Waals surface area contributed by atoms with Gasteiger partial charge in [-0.1, -0.05) is 35.5 Å². The van der Waals surface area contributed by atoms with E-state index in [9.17, 15) is 0 Å². The van der Waals surface area contributed by atoms with E-state index in [1.807, 2.05) is 0 Å². The summed E-state index contributed by atoms with van der Waals surface area (Å²) in [6.45, 7) is 7.71. The van der Waals surface area contributed by atoms with E-state index in [1.165, 1.54) is 54.6 Å². The first-order valence-corrected chi connectivity index (χ1v) is 12.8. The second-order valence-corrected chi connectivity index (χ2v) is 10.2. The lowest BCUT2D eigenvalue weighted by atomic mass is 9.91. The Labute approximate surface area is 227 Å². The number of nitrogens with zero attached hydrogens (tertiary/aromatic N) is 4. The summed E-state index contributed by atoms with van der Waals surface area (Å²) < 4.78 is 11.6. The standard InChI is InChI=1S/C28H38N4O2.2ClH/c1-30(2)21-25-27(32-16-18-33-19-17-32)11-9-24-26(29-34-28(24)25)10-8-22-12-14-31(15-13-22)20-23-6-4-3-5-7-23;;/h3-7,9,11,22H,8,10,12-21H2,1-2H3;2*1H. The fourth-order valence-corrected chi connectivity index (χ4v) is 5.46. The van der Waals surface area contributed by atoms with E-state index in [4.69, 9.17) is 9.26 Å². The smallest absolute Gasteiger partial charge is 0.173 e. The van der Waals surface area contributed by atoms with Gasteiger partial charge in [-0.05, 0) is 76.5 Å². The summed E-state index contributed by atoms with van der Waals surface area (Å²) in [6, 6.07) is 15.3. The zero-order valence-electron chi connectivity index (χ0n) is 21.5. The molecule has 1 aromatic heterocycles. The largest absolute Gasteiger partial charge is 0.378 e. The second kappa shape index (κ2) is 13.6. The number of morpholine rings is 1. The van der Waals surface area contributed by atoms with Crippen molar-refractivity contribution in [1.82, 2.24) is 15.0 Å². The molecule has 0 aliphatic carbocycles. The van der Waals surface area contributed by atoms with Gasteiger partial charge in [0, 0.05) is 42.8 Å². The van der Waals surface area contributed by atoms with Gasteiger partial charge in [0.25, 0.3) is 0 Å². The maximum absolute atomic E-state index is 5.99. The summed E-state index contributed by atoms with van der Waals surface area (Å²) in [5.41, 5.74) is 6.01. The molecule has 198 valence electrons. The normalized spacial score (nSPS) is 17.2. The van der Waals surface area contributed by atoms with Crippen LogP contribution >= 0.6 is 24.8 Å². The third-order valence-corrected chi connectivity index (χ3v) is 7.37. The van der Waals surface area contributed by atoms with Crippen LogP contribution in [0.4, 0.5) is 5.69 Å². The van der Waals surface area contributed by atoms with E-state index in [0.29, 0.717) is 0 Å². The highest BCUT2D eigenvalue weighted by Crippen LogP contribution is 2.33. The molecule has 0 radical (unpaired) electrons. The van der Waals surface area contributed by atoms with Crippen molar-refractivity contribution >= 4 is 41.5 Å². The summed E-state index contributed by atoms with van der Waals surface area (Å²) in [5.74, 6) is 0.771. The summed E-state index contributed by atoms with van der Waals surface area (Å²) >= 11 is 0. The monoisotopic (exact) mass is 534 g/mol. The Hall–Kier alpha value is -1.83. The second-order valence-electron chi connectivity index (χ2n) is 10.2. The van der Waals surface area contributed by atoms with E-state index in [2.05, 4.69) is 76.4 Å². The van der Waals surface area contributed by atoms with E-state index in [-0.39, 0.29) is 24.8 Å². The van der Waals surface area contributed by atoms with Gasteiger partial charge in [0.2, 0.25) is 0 Å². The van der Waals surface area contributed by atoms with Crippen LogP contribution in [0.1, 0.15) is 36.1 Å². The third kappa shape index (κ3) is 6.93. The molecule has 3 heterocycles. The maximum Gasteiger partial charge on any atom is 0.173 e. The molecule has 0 atom stereocenters. The quantitative estimate of drug-likeness (QED) is 0.384. The molecule has 36 heavy (non-hydrogen) atoms. The first-order chi connectivity index (χ1) is 16.7. The molecule has 2 aromatic carbocycles. The molecule has 0 saturated carbocycles. The molecule has 2 aliphatic rings. The minimum Gasteiger partial charge on any atom is -0.378 e. The Morgan fingerprint density at radius 1 is 0.944 bits per heavy atom. The predicted octanol–water partition coefficient (Wildman–Crippen LogP) is 5.41. The van der Waals surface area contributed by atoms with Gasteiger partial charge in [0.15, 0.2) is 5.58 Å². The van der Waals surface area contributed by atoms with Crippen molar-refractivity contribution in [2.24, 2.45) is 5.92 Å². The van der Waals surface area contributed by atoms with Crippen molar-refractivity contribution in [2.75, 3.05) is 58.4 Å². The Morgan fingerprint density at radius 3 is 2.36 bits per heavy atom. The van der Waals surface area contributed by atoms with Crippen LogP contribution in [0.25, 0.3) is 11.0 Å². The lowest BCUT2D eigenvalue weighted by Crippen LogP contribution is -2.37. The topological polar surface area (TPSA) is 45.0 Å². The number of rotatable bonds is 8. The molecule has 0 amide bonds. The fourth-order valence-electron chi connectivity index (χ4n) is 5.46. The van der Waals surface area contributed by atoms with Gasteiger partial charge < -0.3 is 19.1 Å². The van der Waals surface area contributed by atoms with Crippen LogP contribution < -0.4 is 4.90 Å². The van der Waals surface area contributed by atoms with Crippen molar-refractivity contribution in [2.45, 2.75) is 38.8 Å². The highest BCUT2D eigenvalue weighted by molar-refractivity contribution is 5.87. The number of halogens is 2. The van der Waals surface area contributed by atoms with Crippen LogP contribution in [0.2, 0.25) is 0 Å². The SMILES string of the molecule is CN(C)Cc1c(N2CCOCC2)ccc2c(CCC3CCN(Cc4ccccc4)CC3)noc12.Cl.Cl. The molecule has 0 N–H and O–H groups in total. The molecule has 2 saturated heterocycles. The Kier molecular flexibility index (Phi) is 10.9. The summed E-state index contributed by atoms with van der Waals surface area (Å²) in [5, 5.41) is 5.75. The average Bonchev–Trinajstić information content (AvgIpc) is 3.28. The number of piperidine rings is 1. The van der Waals surface area contributed by atoms with E-state index in [0.717, 1.165) is 63.0 Å². The predicted molar refractivity (Wildman–Crippen MR) is 152 cm³/mol. The molecule has 6 nitrogen and oxygen atoms in total. The minimum atomic E-state index is 0. The van der Waals surface area contributed by atoms with Gasteiger partial charge in [-0.3, -0.25) is 4.90 Å². The zero-order chi connectivity index (χ0) is 23.3. The number of ether oxygens (including phenoxy) is 1. The van der Waals surface area contributed by atoms with Crippen LogP contribution in [-0.2, 0) is 24.2 Å². The molecular weight excluding hydrogens is 495 g/mol. The maximum atomic E-state index is 5.99. The molecule has 2 fully saturated rings. The Morgan fingerprint density at radius 2 is 1.67 bits per heavy atom. The number of fused-ring (bicyclic) bond motifs is 1. The lowest BCUT2D eigenvalue weighted by molar-refractivity contribution is 0.122. The van der Waals surface area contributed by atoms with Crippen LogP contribution in [0.15, 0.2) is 47.0 Å². The highest BCUT2D eigenvalue weighted by atomic mass is 35.5. The summed E-state index contributed by atoms with van der Waals surface area (Å²) in [7, 11) is 4.23. The van der Waals surface area contributed by atoms with E-state index in [1.54, 1.807) is 0 Å². The Bertz CT molecular complexity index is 1060. The number of hydrogen-bond acceptors (Lipinski definition) is 6. The number of likely N-dealkylation sites (tertiary alicyclic amines) is 1. The molecule has 0 unspecified atom stereocenters. The van der Waals surface area contributed by atoms with Crippen LogP contribution in [0.5, 0.6) is 0 Å². The van der Waals surface area contributed by atoms with Gasteiger partial charge in [-0.15, -0.1) is 24.8 Å². The first-order valence-electron chi connectivity index (χ1n) is 12.8. The number of hydrogen-bond donors (Lipinski definition) is 0. The van der Waals surface area contributed by atoms with Crippen molar-refractivity contribution in [3.05, 3.63) is 59.3 Å². The fraction of sp³-hybridized carbons (Fsp3) is 0.536. The number of anilines is 1. The van der Waals surface area contributed by atoms with Crippen molar-refractivity contribution < 1.29 is 9.26 Å². The third-order valence-electron chi connectivity index (χ3n) is 7.37. The zero-order valence-corrected chi connectivity index (χ0v) is 23.2. The van der Waals surface area contributed by atoms with Gasteiger partial charge in [0.1, 0.15) is 0 Å². The van der Waals surface area contributed by atoms with E-state index >= 15 is 0 Å². The minimum absolute atomic E-state index is 0. The Balaban J connectivity index is 0.00000180.